The summed E-state index contributed by atoms with van der Waals surface area (Å²) in [5, 5.41) is 5.73. The molecule has 0 spiro atoms. The summed E-state index contributed by atoms with van der Waals surface area (Å²) in [7, 11) is 2.66. The van der Waals surface area contributed by atoms with E-state index in [1.165, 1.54) is 28.7 Å². The van der Waals surface area contributed by atoms with Crippen molar-refractivity contribution in [3.05, 3.63) is 11.5 Å². The topological polar surface area (TPSA) is 14.1 Å². The molecule has 1 aliphatic carbocycles. The van der Waals surface area contributed by atoms with Crippen molar-refractivity contribution in [1.29, 1.82) is 0 Å². The van der Waals surface area contributed by atoms with Gasteiger partial charge < -0.3 is 0 Å². The Morgan fingerprint density at radius 1 is 1.67 bits per heavy atom. The summed E-state index contributed by atoms with van der Waals surface area (Å²) in [4.78, 5) is 0. The van der Waals surface area contributed by atoms with Crippen molar-refractivity contribution in [1.82, 2.24) is 5.09 Å². The first-order chi connectivity index (χ1) is 4.31. The fourth-order valence-electron chi connectivity index (χ4n) is 0.901. The third-order valence-corrected chi connectivity index (χ3v) is 4.41. The van der Waals surface area contributed by atoms with Crippen LogP contribution in [0.1, 0.15) is 19.8 Å². The number of hydrogen-bond acceptors (Lipinski definition) is 0. The molecule has 0 amide bonds. The van der Waals surface area contributed by atoms with Gasteiger partial charge in [0.15, 0.2) is 0 Å². The quantitative estimate of drug-likeness (QED) is 0.518. The van der Waals surface area contributed by atoms with Gasteiger partial charge in [0.2, 0.25) is 0 Å². The molecule has 0 aromatic carbocycles. The Morgan fingerprint density at radius 3 is 2.89 bits per heavy atom. The zero-order valence-electron chi connectivity index (χ0n) is 5.33. The number of allylic oxidation sites excluding steroid dienone is 1. The van der Waals surface area contributed by atoms with Crippen molar-refractivity contribution in [2.75, 3.05) is 0 Å². The predicted octanol–water partition coefficient (Wildman–Crippen LogP) is 2.97. The second kappa shape index (κ2) is 1.81. The van der Waals surface area contributed by atoms with Crippen LogP contribution >= 0.6 is 15.9 Å². The monoisotopic (exact) mass is 156 g/mol. The molecule has 0 aromatic heterocycles. The van der Waals surface area contributed by atoms with Gasteiger partial charge in [0.1, 0.15) is 0 Å². The predicted molar refractivity (Wildman–Crippen MR) is 41.4 cm³/mol. The van der Waals surface area contributed by atoms with Crippen LogP contribution in [0.5, 0.6) is 0 Å². The van der Waals surface area contributed by atoms with Gasteiger partial charge in [0, 0.05) is 11.5 Å². The fraction of sp³-hybridized carbons (Fsp3) is 0.667. The van der Waals surface area contributed by atoms with Crippen LogP contribution < -0.4 is 5.09 Å². The lowest BCUT2D eigenvalue weighted by Gasteiger charge is -2.02. The molecule has 0 saturated heterocycles. The second-order valence-corrected chi connectivity index (χ2v) is 5.11. The minimum absolute atomic E-state index is 0.578. The van der Waals surface area contributed by atoms with Crippen molar-refractivity contribution in [2.24, 2.45) is 5.41 Å². The van der Waals surface area contributed by atoms with Crippen LogP contribution in [0.3, 0.4) is 0 Å². The summed E-state index contributed by atoms with van der Waals surface area (Å²) >= 11 is 0. The molecular weight excluding hydrogens is 148 g/mol. The summed E-state index contributed by atoms with van der Waals surface area (Å²) in [5.41, 5.74) is 0.578. The molecule has 0 bridgehead atoms. The van der Waals surface area contributed by atoms with Gasteiger partial charge in [-0.3, -0.25) is 0 Å². The Labute approximate surface area is 58.4 Å². The van der Waals surface area contributed by atoms with Gasteiger partial charge in [0.25, 0.3) is 0 Å². The lowest BCUT2D eigenvalue weighted by Crippen LogP contribution is -1.90. The highest BCUT2D eigenvalue weighted by Gasteiger charge is 2.41. The zero-order valence-corrected chi connectivity index (χ0v) is 7.12. The SMILES string of the molecule is CC1(C2=C[N]P=P2)CC1. The van der Waals surface area contributed by atoms with E-state index in [2.05, 4.69) is 18.2 Å². The molecule has 0 aromatic rings. The summed E-state index contributed by atoms with van der Waals surface area (Å²) in [6.45, 7) is 2.34. The van der Waals surface area contributed by atoms with Gasteiger partial charge in [0.05, 0.1) is 8.02 Å². The standard InChI is InChI=1S/C6H8NP2/c1-6(2-3-6)5-4-7-9-8-5/h4H,2-3H2,1H3. The highest BCUT2D eigenvalue weighted by molar-refractivity contribution is 7.85. The molecule has 3 heteroatoms. The van der Waals surface area contributed by atoms with Gasteiger partial charge in [-0.05, 0) is 26.1 Å². The van der Waals surface area contributed by atoms with Crippen molar-refractivity contribution >= 4 is 15.9 Å². The van der Waals surface area contributed by atoms with E-state index >= 15 is 0 Å². The lowest BCUT2D eigenvalue weighted by molar-refractivity contribution is 0.729. The van der Waals surface area contributed by atoms with Crippen molar-refractivity contribution in [3.63, 3.8) is 0 Å². The average Bonchev–Trinajstić information content (AvgIpc) is 2.46. The third kappa shape index (κ3) is 0.933. The molecule has 2 rings (SSSR count). The number of nitrogens with zero attached hydrogens (tertiary/aromatic N) is 1. The molecule has 1 aliphatic heterocycles. The van der Waals surface area contributed by atoms with Gasteiger partial charge in [-0.2, -0.15) is 0 Å². The maximum atomic E-state index is 4.17. The van der Waals surface area contributed by atoms with E-state index in [1.807, 2.05) is 0 Å². The molecule has 1 saturated carbocycles. The van der Waals surface area contributed by atoms with E-state index in [0.717, 1.165) is 0 Å². The smallest absolute Gasteiger partial charge is 0.0696 e. The van der Waals surface area contributed by atoms with Crippen LogP contribution in [0.15, 0.2) is 11.5 Å². The van der Waals surface area contributed by atoms with Crippen molar-refractivity contribution in [2.45, 2.75) is 19.8 Å². The van der Waals surface area contributed by atoms with Gasteiger partial charge in [-0.25, -0.2) is 5.09 Å². The molecule has 0 unspecified atom stereocenters. The maximum absolute atomic E-state index is 4.17. The van der Waals surface area contributed by atoms with E-state index in [1.54, 1.807) is 5.31 Å². The first kappa shape index (κ1) is 5.89. The van der Waals surface area contributed by atoms with E-state index in [0.29, 0.717) is 5.41 Å². The molecule has 0 N–H and O–H groups in total. The first-order valence-corrected chi connectivity index (χ1v) is 5.57. The summed E-state index contributed by atoms with van der Waals surface area (Å²) in [6, 6.07) is 0. The number of hydrogen-bond donors (Lipinski definition) is 0. The maximum Gasteiger partial charge on any atom is 0.0696 e. The minimum atomic E-state index is 0.578. The molecule has 0 atom stereocenters. The highest BCUT2D eigenvalue weighted by Crippen LogP contribution is 2.57. The molecule has 2 aliphatic rings. The van der Waals surface area contributed by atoms with Crippen molar-refractivity contribution < 1.29 is 0 Å². The molecule has 1 nitrogen and oxygen atoms in total. The first-order valence-electron chi connectivity index (χ1n) is 3.13. The molecule has 47 valence electrons. The summed E-state index contributed by atoms with van der Waals surface area (Å²) < 4.78 is 0. The van der Waals surface area contributed by atoms with Crippen LogP contribution in [0, 0.1) is 5.41 Å². The van der Waals surface area contributed by atoms with E-state index in [-0.39, 0.29) is 0 Å². The molecular formula is C6H8NP2. The number of rotatable bonds is 1. The summed E-state index contributed by atoms with van der Waals surface area (Å²) in [5.74, 6) is 0. The largest absolute Gasteiger partial charge is 0.230 e. The minimum Gasteiger partial charge on any atom is -0.230 e. The van der Waals surface area contributed by atoms with Crippen molar-refractivity contribution in [3.8, 4) is 0 Å². The summed E-state index contributed by atoms with van der Waals surface area (Å²) in [6.07, 6.45) is 4.84. The Morgan fingerprint density at radius 2 is 2.44 bits per heavy atom. The van der Waals surface area contributed by atoms with Crippen LogP contribution in [-0.2, 0) is 0 Å². The Hall–Kier alpha value is 0.140. The van der Waals surface area contributed by atoms with Gasteiger partial charge >= 0.3 is 0 Å². The van der Waals surface area contributed by atoms with E-state index < -0.39 is 0 Å². The van der Waals surface area contributed by atoms with Gasteiger partial charge in [-0.15, -0.1) is 0 Å². The van der Waals surface area contributed by atoms with Crippen LogP contribution in [0.25, 0.3) is 0 Å². The van der Waals surface area contributed by atoms with E-state index in [4.69, 9.17) is 0 Å². The Balaban J connectivity index is 2.22. The Bertz CT molecular complexity index is 191. The van der Waals surface area contributed by atoms with Crippen LogP contribution in [0.4, 0.5) is 0 Å². The highest BCUT2D eigenvalue weighted by atomic mass is 31.7. The van der Waals surface area contributed by atoms with Crippen LogP contribution in [0.2, 0.25) is 0 Å². The second-order valence-electron chi connectivity index (χ2n) is 2.88. The average molecular weight is 156 g/mol. The van der Waals surface area contributed by atoms with E-state index in [9.17, 15) is 0 Å². The Kier molecular flexibility index (Phi) is 1.18. The normalized spacial score (nSPS) is 31.0. The molecule has 1 fully saturated rings. The fourth-order valence-corrected chi connectivity index (χ4v) is 3.36. The van der Waals surface area contributed by atoms with Gasteiger partial charge in [-0.1, -0.05) is 6.92 Å². The molecule has 1 radical (unpaired) electrons. The third-order valence-electron chi connectivity index (χ3n) is 2.00. The van der Waals surface area contributed by atoms with Crippen LogP contribution in [-0.4, -0.2) is 0 Å². The lowest BCUT2D eigenvalue weighted by atomic mass is 10.1. The zero-order chi connectivity index (χ0) is 6.32. The molecule has 9 heavy (non-hydrogen) atoms. The molecule has 1 heterocycles.